The average molecular weight is 511 g/mol. The molecule has 1 amide bonds. The number of likely N-dealkylation sites (N-methyl/N-ethyl adjacent to an activating group) is 1. The number of hydrogen-bond acceptors (Lipinski definition) is 5. The summed E-state index contributed by atoms with van der Waals surface area (Å²) >= 11 is 0. The Morgan fingerprint density at radius 2 is 1.89 bits per heavy atom. The van der Waals surface area contributed by atoms with E-state index >= 15 is 0 Å². The summed E-state index contributed by atoms with van der Waals surface area (Å²) in [4.78, 5) is 18.2. The van der Waals surface area contributed by atoms with Crippen molar-refractivity contribution in [2.75, 3.05) is 20.1 Å². The Morgan fingerprint density at radius 3 is 2.71 bits per heavy atom. The summed E-state index contributed by atoms with van der Waals surface area (Å²) < 4.78 is 6.67. The van der Waals surface area contributed by atoms with Crippen LogP contribution in [0.15, 0.2) is 54.6 Å². The third-order valence-electron chi connectivity index (χ3n) is 10.5. The molecule has 5 aliphatic rings. The van der Waals surface area contributed by atoms with E-state index in [0.29, 0.717) is 24.2 Å². The number of fused-ring (bicyclic) bond motifs is 1. The number of aromatic hydroxyl groups is 1. The summed E-state index contributed by atoms with van der Waals surface area (Å²) in [5.74, 6) is 1.38. The number of ether oxygens (including phenoxy) is 1. The van der Waals surface area contributed by atoms with Gasteiger partial charge in [0.25, 0.3) is 5.91 Å². The van der Waals surface area contributed by atoms with Gasteiger partial charge in [-0.1, -0.05) is 36.4 Å². The highest BCUT2D eigenvalue weighted by Crippen LogP contribution is 2.66. The lowest BCUT2D eigenvalue weighted by molar-refractivity contribution is -0.197. The number of carbonyl (C=O) groups excluding carboxylic acids is 1. The fourth-order valence-corrected chi connectivity index (χ4v) is 8.53. The van der Waals surface area contributed by atoms with Crippen LogP contribution in [0.2, 0.25) is 0 Å². The van der Waals surface area contributed by atoms with Gasteiger partial charge in [0.2, 0.25) is 0 Å². The molecule has 6 heteroatoms. The van der Waals surface area contributed by atoms with Crippen LogP contribution < -0.4 is 4.74 Å². The standard InChI is InChI=1S/C32H34N2O4/c1-33(30(36)23-9-8-20-4-2-3-5-21(20)16-23)24-12-13-32(37)26-17-22-10-11-25(35)28-27(22)31(32,29(24)38-28)14-15-34(26)18-19-6-7-19/h2-5,8-11,16,19,24,26,29,35,37H,6-7,12-15,17-18H2,1H3/t24-,26+,29-,31-,32?/m0/s1. The maximum Gasteiger partial charge on any atom is 0.253 e. The van der Waals surface area contributed by atoms with E-state index in [1.807, 2.05) is 54.4 Å². The molecule has 38 heavy (non-hydrogen) atoms. The average Bonchev–Trinajstić information content (AvgIpc) is 3.67. The molecule has 3 fully saturated rings. The Labute approximate surface area is 222 Å². The fourth-order valence-electron chi connectivity index (χ4n) is 8.53. The molecule has 2 N–H and O–H groups in total. The Balaban J connectivity index is 1.20. The lowest BCUT2D eigenvalue weighted by atomic mass is 9.48. The van der Waals surface area contributed by atoms with Crippen molar-refractivity contribution < 1.29 is 19.7 Å². The van der Waals surface area contributed by atoms with Gasteiger partial charge in [0.1, 0.15) is 6.10 Å². The van der Waals surface area contributed by atoms with Gasteiger partial charge in [0.05, 0.1) is 17.1 Å². The van der Waals surface area contributed by atoms with Gasteiger partial charge in [-0.3, -0.25) is 9.69 Å². The number of likely N-dealkylation sites (tertiary alicyclic amines) is 1. The molecule has 2 bridgehead atoms. The molecule has 6 nitrogen and oxygen atoms in total. The quantitative estimate of drug-likeness (QED) is 0.549. The molecule has 5 atom stereocenters. The van der Waals surface area contributed by atoms with Gasteiger partial charge >= 0.3 is 0 Å². The number of amides is 1. The van der Waals surface area contributed by atoms with Gasteiger partial charge in [-0.2, -0.15) is 0 Å². The lowest BCUT2D eigenvalue weighted by Crippen LogP contribution is -2.78. The number of nitrogens with zero attached hydrogens (tertiary/aromatic N) is 2. The summed E-state index contributed by atoms with van der Waals surface area (Å²) in [5.41, 5.74) is 1.27. The zero-order valence-electron chi connectivity index (χ0n) is 21.8. The van der Waals surface area contributed by atoms with Crippen LogP contribution in [-0.4, -0.2) is 69.8 Å². The van der Waals surface area contributed by atoms with Crippen molar-refractivity contribution in [1.29, 1.82) is 0 Å². The molecule has 1 saturated heterocycles. The Kier molecular flexibility index (Phi) is 4.65. The van der Waals surface area contributed by atoms with Crippen LogP contribution in [0.4, 0.5) is 0 Å². The molecule has 3 aliphatic carbocycles. The zero-order valence-corrected chi connectivity index (χ0v) is 21.8. The van der Waals surface area contributed by atoms with Crippen molar-refractivity contribution in [3.8, 4) is 11.5 Å². The number of rotatable bonds is 4. The lowest BCUT2D eigenvalue weighted by Gasteiger charge is -2.64. The van der Waals surface area contributed by atoms with E-state index in [1.54, 1.807) is 6.07 Å². The van der Waals surface area contributed by atoms with Gasteiger partial charge in [-0.05, 0) is 85.5 Å². The molecule has 2 heterocycles. The normalized spacial score (nSPS) is 33.1. The fraction of sp³-hybridized carbons (Fsp3) is 0.469. The summed E-state index contributed by atoms with van der Waals surface area (Å²) in [7, 11) is 1.87. The SMILES string of the molecule is CN(C(=O)c1ccc2ccccc2c1)[C@H]1CCC2(O)[C@H]3Cc4ccc(O)c5c4[C@@]2(CCN3CC2CC2)[C@H]1O5. The third-order valence-corrected chi connectivity index (χ3v) is 10.5. The van der Waals surface area contributed by atoms with Crippen LogP contribution in [0.1, 0.15) is 53.6 Å². The maximum atomic E-state index is 13.9. The molecule has 0 aromatic heterocycles. The summed E-state index contributed by atoms with van der Waals surface area (Å²) in [6, 6.07) is 17.6. The monoisotopic (exact) mass is 510 g/mol. The predicted molar refractivity (Wildman–Crippen MR) is 145 cm³/mol. The summed E-state index contributed by atoms with van der Waals surface area (Å²) in [5, 5.41) is 25.7. The maximum absolute atomic E-state index is 13.9. The van der Waals surface area contributed by atoms with E-state index in [-0.39, 0.29) is 23.7 Å². The first kappa shape index (κ1) is 22.9. The van der Waals surface area contributed by atoms with E-state index in [1.165, 1.54) is 18.4 Å². The van der Waals surface area contributed by atoms with Gasteiger partial charge in [-0.25, -0.2) is 0 Å². The van der Waals surface area contributed by atoms with Crippen LogP contribution in [0.25, 0.3) is 10.8 Å². The van der Waals surface area contributed by atoms with Crippen LogP contribution in [-0.2, 0) is 11.8 Å². The highest BCUT2D eigenvalue weighted by molar-refractivity contribution is 5.98. The Morgan fingerprint density at radius 1 is 1.08 bits per heavy atom. The highest BCUT2D eigenvalue weighted by atomic mass is 16.5. The first-order valence-electron chi connectivity index (χ1n) is 14.1. The minimum atomic E-state index is -0.944. The van der Waals surface area contributed by atoms with Gasteiger partial charge in [-0.15, -0.1) is 0 Å². The molecular formula is C32H34N2O4. The molecule has 0 radical (unpaired) electrons. The minimum absolute atomic E-state index is 0.0355. The highest BCUT2D eigenvalue weighted by Gasteiger charge is 2.73. The van der Waals surface area contributed by atoms with Gasteiger partial charge in [0, 0.05) is 30.8 Å². The second kappa shape index (κ2) is 7.73. The number of phenols is 1. The zero-order chi connectivity index (χ0) is 25.8. The molecule has 196 valence electrons. The minimum Gasteiger partial charge on any atom is -0.504 e. The smallest absolute Gasteiger partial charge is 0.253 e. The largest absolute Gasteiger partial charge is 0.504 e. The van der Waals surface area contributed by atoms with Crippen LogP contribution >= 0.6 is 0 Å². The van der Waals surface area contributed by atoms with Gasteiger partial charge < -0.3 is 19.8 Å². The first-order chi connectivity index (χ1) is 18.4. The van der Waals surface area contributed by atoms with Crippen LogP contribution in [0, 0.1) is 5.92 Å². The van der Waals surface area contributed by atoms with Crippen LogP contribution in [0.3, 0.4) is 0 Å². The molecule has 1 spiro atoms. The molecular weight excluding hydrogens is 476 g/mol. The second-order valence-electron chi connectivity index (χ2n) is 12.4. The number of carbonyl (C=O) groups is 1. The predicted octanol–water partition coefficient (Wildman–Crippen LogP) is 4.25. The molecule has 3 aromatic carbocycles. The molecule has 1 unspecified atom stereocenters. The molecule has 2 aliphatic heterocycles. The number of hydrogen-bond donors (Lipinski definition) is 2. The van der Waals surface area contributed by atoms with Crippen molar-refractivity contribution >= 4 is 16.7 Å². The number of piperidine rings is 1. The first-order valence-corrected chi connectivity index (χ1v) is 14.1. The van der Waals surface area contributed by atoms with Crippen molar-refractivity contribution in [2.45, 2.75) is 67.7 Å². The van der Waals surface area contributed by atoms with Crippen molar-refractivity contribution in [1.82, 2.24) is 9.80 Å². The van der Waals surface area contributed by atoms with Gasteiger partial charge in [0.15, 0.2) is 11.5 Å². The van der Waals surface area contributed by atoms with E-state index < -0.39 is 17.1 Å². The van der Waals surface area contributed by atoms with E-state index in [0.717, 1.165) is 48.2 Å². The Hall–Kier alpha value is -3.09. The number of aliphatic hydroxyl groups is 1. The van der Waals surface area contributed by atoms with E-state index in [4.69, 9.17) is 4.74 Å². The second-order valence-corrected chi connectivity index (χ2v) is 12.4. The summed E-state index contributed by atoms with van der Waals surface area (Å²) in [6.07, 6.45) is 5.01. The van der Waals surface area contributed by atoms with Crippen LogP contribution in [0.5, 0.6) is 11.5 Å². The van der Waals surface area contributed by atoms with E-state index in [9.17, 15) is 15.0 Å². The van der Waals surface area contributed by atoms with Crippen molar-refractivity contribution in [3.63, 3.8) is 0 Å². The third kappa shape index (κ3) is 2.88. The topological polar surface area (TPSA) is 73.2 Å². The Bertz CT molecular complexity index is 1480. The van der Waals surface area contributed by atoms with Crippen molar-refractivity contribution in [2.24, 2.45) is 5.92 Å². The summed E-state index contributed by atoms with van der Waals surface area (Å²) in [6.45, 7) is 1.96. The molecule has 8 rings (SSSR count). The van der Waals surface area contributed by atoms with Crippen molar-refractivity contribution in [3.05, 3.63) is 71.3 Å². The number of benzene rings is 3. The molecule has 2 saturated carbocycles. The molecule has 3 aromatic rings. The number of phenolic OH excluding ortho intramolecular Hbond substituents is 1. The van der Waals surface area contributed by atoms with E-state index in [2.05, 4.69) is 11.0 Å².